The SMILES string of the molecule is C=C/C=C\C=C\COC(=O)C(CC)C(CC)C(=O)O. The number of rotatable bonds is 9. The maximum Gasteiger partial charge on any atom is 0.310 e. The van der Waals surface area contributed by atoms with Crippen LogP contribution in [-0.4, -0.2) is 23.7 Å². The van der Waals surface area contributed by atoms with E-state index in [0.717, 1.165) is 0 Å². The molecule has 0 heterocycles. The van der Waals surface area contributed by atoms with Crippen molar-refractivity contribution in [2.24, 2.45) is 11.8 Å². The molecular formula is C15H22O4. The van der Waals surface area contributed by atoms with Crippen LogP contribution in [0.2, 0.25) is 0 Å². The van der Waals surface area contributed by atoms with Crippen molar-refractivity contribution in [3.8, 4) is 0 Å². The van der Waals surface area contributed by atoms with Gasteiger partial charge >= 0.3 is 11.9 Å². The number of aliphatic carboxylic acids is 1. The summed E-state index contributed by atoms with van der Waals surface area (Å²) in [6.45, 7) is 7.22. The molecule has 0 spiro atoms. The topological polar surface area (TPSA) is 63.6 Å². The molecule has 4 nitrogen and oxygen atoms in total. The number of esters is 1. The minimum absolute atomic E-state index is 0.146. The van der Waals surface area contributed by atoms with Crippen molar-refractivity contribution >= 4 is 11.9 Å². The zero-order chi connectivity index (χ0) is 14.7. The fourth-order valence-corrected chi connectivity index (χ4v) is 1.76. The van der Waals surface area contributed by atoms with Gasteiger partial charge < -0.3 is 9.84 Å². The fraction of sp³-hybridized carbons (Fsp3) is 0.467. The van der Waals surface area contributed by atoms with Crippen LogP contribution in [0.5, 0.6) is 0 Å². The number of ether oxygens (including phenoxy) is 1. The van der Waals surface area contributed by atoms with Gasteiger partial charge in [-0.15, -0.1) is 0 Å². The second-order valence-electron chi connectivity index (χ2n) is 4.05. The normalized spacial score (nSPS) is 14.4. The number of hydrogen-bond donors (Lipinski definition) is 1. The third-order valence-corrected chi connectivity index (χ3v) is 2.80. The largest absolute Gasteiger partial charge is 0.481 e. The van der Waals surface area contributed by atoms with Gasteiger partial charge in [-0.2, -0.15) is 0 Å². The first kappa shape index (κ1) is 17.2. The van der Waals surface area contributed by atoms with E-state index in [4.69, 9.17) is 9.84 Å². The molecule has 1 N–H and O–H groups in total. The van der Waals surface area contributed by atoms with Crippen molar-refractivity contribution < 1.29 is 19.4 Å². The van der Waals surface area contributed by atoms with Crippen LogP contribution >= 0.6 is 0 Å². The molecule has 0 rings (SSSR count). The number of carbonyl (C=O) groups is 2. The van der Waals surface area contributed by atoms with Crippen LogP contribution in [0.15, 0.2) is 37.0 Å². The standard InChI is InChI=1S/C15H22O4/c1-4-7-8-9-10-11-19-15(18)13(6-3)12(5-2)14(16)17/h4,7-10,12-13H,1,5-6,11H2,2-3H3,(H,16,17)/b8-7-,10-9+. The average molecular weight is 266 g/mol. The molecule has 0 fully saturated rings. The Morgan fingerprint density at radius 2 is 1.79 bits per heavy atom. The van der Waals surface area contributed by atoms with Crippen molar-refractivity contribution in [1.82, 2.24) is 0 Å². The Labute approximate surface area is 114 Å². The highest BCUT2D eigenvalue weighted by Gasteiger charge is 2.31. The molecule has 0 aliphatic rings. The van der Waals surface area contributed by atoms with Gasteiger partial charge in [0.2, 0.25) is 0 Å². The number of carboxylic acid groups (broad SMARTS) is 1. The monoisotopic (exact) mass is 266 g/mol. The van der Waals surface area contributed by atoms with Gasteiger partial charge in [-0.3, -0.25) is 9.59 Å². The number of carboxylic acids is 1. The van der Waals surface area contributed by atoms with Crippen LogP contribution in [-0.2, 0) is 14.3 Å². The summed E-state index contributed by atoms with van der Waals surface area (Å²) in [5.74, 6) is -2.66. The van der Waals surface area contributed by atoms with Crippen molar-refractivity contribution in [2.75, 3.05) is 6.61 Å². The van der Waals surface area contributed by atoms with Crippen molar-refractivity contribution in [2.45, 2.75) is 26.7 Å². The van der Waals surface area contributed by atoms with E-state index >= 15 is 0 Å². The molecule has 0 aromatic rings. The highest BCUT2D eigenvalue weighted by atomic mass is 16.5. The van der Waals surface area contributed by atoms with E-state index < -0.39 is 23.8 Å². The lowest BCUT2D eigenvalue weighted by molar-refractivity contribution is -0.157. The van der Waals surface area contributed by atoms with Gasteiger partial charge in [0.1, 0.15) is 6.61 Å². The van der Waals surface area contributed by atoms with Gasteiger partial charge in [0.05, 0.1) is 11.8 Å². The predicted octanol–water partition coefficient (Wildman–Crippen LogP) is 2.97. The lowest BCUT2D eigenvalue weighted by Gasteiger charge is -2.19. The molecule has 4 heteroatoms. The first-order valence-electron chi connectivity index (χ1n) is 6.42. The minimum atomic E-state index is -0.948. The molecule has 106 valence electrons. The van der Waals surface area contributed by atoms with Gasteiger partial charge in [-0.1, -0.05) is 44.7 Å². The quantitative estimate of drug-likeness (QED) is 0.515. The van der Waals surface area contributed by atoms with E-state index in [1.807, 2.05) is 0 Å². The Morgan fingerprint density at radius 1 is 1.16 bits per heavy atom. The summed E-state index contributed by atoms with van der Waals surface area (Å²) in [7, 11) is 0. The van der Waals surface area contributed by atoms with E-state index in [1.165, 1.54) is 0 Å². The van der Waals surface area contributed by atoms with E-state index in [-0.39, 0.29) is 6.61 Å². The minimum Gasteiger partial charge on any atom is -0.481 e. The molecule has 0 saturated carbocycles. The van der Waals surface area contributed by atoms with Crippen LogP contribution in [0.3, 0.4) is 0 Å². The predicted molar refractivity (Wildman–Crippen MR) is 74.6 cm³/mol. The summed E-state index contributed by atoms with van der Waals surface area (Å²) in [6.07, 6.45) is 9.47. The number of allylic oxidation sites excluding steroid dienone is 4. The van der Waals surface area contributed by atoms with Gasteiger partial charge in [-0.05, 0) is 18.9 Å². The van der Waals surface area contributed by atoms with Crippen LogP contribution < -0.4 is 0 Å². The molecule has 0 aromatic heterocycles. The first-order chi connectivity index (χ1) is 9.08. The van der Waals surface area contributed by atoms with Crippen LogP contribution in [0.25, 0.3) is 0 Å². The molecule has 0 radical (unpaired) electrons. The smallest absolute Gasteiger partial charge is 0.310 e. The molecule has 19 heavy (non-hydrogen) atoms. The Kier molecular flexibility index (Phi) is 9.14. The number of carbonyl (C=O) groups excluding carboxylic acids is 1. The van der Waals surface area contributed by atoms with E-state index in [0.29, 0.717) is 12.8 Å². The maximum absolute atomic E-state index is 11.8. The maximum atomic E-state index is 11.8. The summed E-state index contributed by atoms with van der Waals surface area (Å²) in [5, 5.41) is 9.05. The average Bonchev–Trinajstić information content (AvgIpc) is 2.38. The van der Waals surface area contributed by atoms with Crippen molar-refractivity contribution in [3.05, 3.63) is 37.0 Å². The molecule has 2 atom stereocenters. The van der Waals surface area contributed by atoms with E-state index in [9.17, 15) is 9.59 Å². The molecule has 2 unspecified atom stereocenters. The van der Waals surface area contributed by atoms with E-state index in [1.54, 1.807) is 44.2 Å². The van der Waals surface area contributed by atoms with Crippen molar-refractivity contribution in [3.63, 3.8) is 0 Å². The third kappa shape index (κ3) is 6.60. The van der Waals surface area contributed by atoms with Crippen molar-refractivity contribution in [1.29, 1.82) is 0 Å². The Bertz CT molecular complexity index is 355. The Morgan fingerprint density at radius 3 is 2.26 bits per heavy atom. The molecule has 0 aromatic carbocycles. The zero-order valence-electron chi connectivity index (χ0n) is 11.5. The van der Waals surface area contributed by atoms with E-state index in [2.05, 4.69) is 6.58 Å². The third-order valence-electron chi connectivity index (χ3n) is 2.80. The Hall–Kier alpha value is -1.84. The van der Waals surface area contributed by atoms with Crippen LogP contribution in [0, 0.1) is 11.8 Å². The summed E-state index contributed by atoms with van der Waals surface area (Å²) in [5.41, 5.74) is 0. The highest BCUT2D eigenvalue weighted by molar-refractivity contribution is 5.81. The molecule has 0 amide bonds. The van der Waals surface area contributed by atoms with Gasteiger partial charge in [0.25, 0.3) is 0 Å². The lowest BCUT2D eigenvalue weighted by atomic mass is 9.88. The molecule has 0 aliphatic heterocycles. The van der Waals surface area contributed by atoms with Gasteiger partial charge in [-0.25, -0.2) is 0 Å². The molecule has 0 saturated heterocycles. The zero-order valence-corrected chi connectivity index (χ0v) is 11.5. The second-order valence-corrected chi connectivity index (χ2v) is 4.05. The fourth-order valence-electron chi connectivity index (χ4n) is 1.76. The summed E-state index contributed by atoms with van der Waals surface area (Å²) >= 11 is 0. The molecule has 0 aliphatic carbocycles. The van der Waals surface area contributed by atoms with Crippen LogP contribution in [0.4, 0.5) is 0 Å². The summed E-state index contributed by atoms with van der Waals surface area (Å²) in [6, 6.07) is 0. The Balaban J connectivity index is 4.36. The van der Waals surface area contributed by atoms with Gasteiger partial charge in [0, 0.05) is 0 Å². The number of hydrogen-bond acceptors (Lipinski definition) is 3. The summed E-state index contributed by atoms with van der Waals surface area (Å²) in [4.78, 5) is 22.9. The lowest BCUT2D eigenvalue weighted by Crippen LogP contribution is -2.30. The highest BCUT2D eigenvalue weighted by Crippen LogP contribution is 2.21. The van der Waals surface area contributed by atoms with Crippen LogP contribution in [0.1, 0.15) is 26.7 Å². The molecular weight excluding hydrogens is 244 g/mol. The first-order valence-corrected chi connectivity index (χ1v) is 6.42. The summed E-state index contributed by atoms with van der Waals surface area (Å²) < 4.78 is 5.06. The second kappa shape index (κ2) is 10.1. The molecule has 0 bridgehead atoms. The van der Waals surface area contributed by atoms with Gasteiger partial charge in [0.15, 0.2) is 0 Å².